The van der Waals surface area contributed by atoms with Gasteiger partial charge in [0.25, 0.3) is 5.91 Å². The number of nitrogens with one attached hydrogen (secondary N) is 2. The second kappa shape index (κ2) is 6.13. The van der Waals surface area contributed by atoms with Gasteiger partial charge in [-0.3, -0.25) is 20.0 Å². The summed E-state index contributed by atoms with van der Waals surface area (Å²) in [6, 6.07) is 14.8. The Balaban J connectivity index is 1.57. The van der Waals surface area contributed by atoms with E-state index in [4.69, 9.17) is 0 Å². The van der Waals surface area contributed by atoms with Crippen molar-refractivity contribution in [1.82, 2.24) is 20.0 Å². The molecule has 2 aromatic carbocycles. The molecule has 0 saturated heterocycles. The second-order valence-corrected chi connectivity index (χ2v) is 5.50. The van der Waals surface area contributed by atoms with Crippen molar-refractivity contribution in [2.75, 3.05) is 5.32 Å². The molecule has 2 aromatic heterocycles. The molecule has 0 fully saturated rings. The van der Waals surface area contributed by atoms with E-state index in [1.54, 1.807) is 35.1 Å². The van der Waals surface area contributed by atoms with E-state index in [0.29, 0.717) is 5.69 Å². The number of aromatic amines is 1. The van der Waals surface area contributed by atoms with Gasteiger partial charge < -0.3 is 5.32 Å². The third kappa shape index (κ3) is 2.67. The van der Waals surface area contributed by atoms with Gasteiger partial charge in [0, 0.05) is 11.1 Å². The monoisotopic (exact) mass is 348 g/mol. The lowest BCUT2D eigenvalue weighted by molar-refractivity contribution is -0.385. The molecule has 0 atom stereocenters. The highest BCUT2D eigenvalue weighted by Gasteiger charge is 2.22. The molecule has 26 heavy (non-hydrogen) atoms. The topological polar surface area (TPSA) is 119 Å². The van der Waals surface area contributed by atoms with Crippen molar-refractivity contribution in [2.45, 2.75) is 0 Å². The number of carbonyl (C=O) groups excluding carboxylic acids is 1. The van der Waals surface area contributed by atoms with Crippen LogP contribution < -0.4 is 5.32 Å². The zero-order valence-corrected chi connectivity index (χ0v) is 13.3. The summed E-state index contributed by atoms with van der Waals surface area (Å²) in [6.07, 6.45) is 2.78. The van der Waals surface area contributed by atoms with Crippen LogP contribution >= 0.6 is 0 Å². The molecule has 0 aliphatic rings. The number of carbonyl (C=O) groups is 1. The summed E-state index contributed by atoms with van der Waals surface area (Å²) in [5, 5.41) is 24.8. The highest BCUT2D eigenvalue weighted by molar-refractivity contribution is 6.05. The molecule has 4 rings (SSSR count). The smallest absolute Gasteiger partial charge is 0.319 e. The molecule has 4 aromatic rings. The second-order valence-electron chi connectivity index (χ2n) is 5.50. The number of aromatic nitrogens is 4. The minimum atomic E-state index is -0.662. The molecule has 0 aliphatic heterocycles. The van der Waals surface area contributed by atoms with Gasteiger partial charge in [0.1, 0.15) is 6.20 Å². The van der Waals surface area contributed by atoms with Gasteiger partial charge >= 0.3 is 5.69 Å². The molecule has 128 valence electrons. The molecule has 0 spiro atoms. The maximum Gasteiger partial charge on any atom is 0.319 e. The van der Waals surface area contributed by atoms with E-state index in [2.05, 4.69) is 20.6 Å². The first kappa shape index (κ1) is 15.5. The van der Waals surface area contributed by atoms with Gasteiger partial charge in [-0.15, -0.1) is 0 Å². The predicted molar refractivity (Wildman–Crippen MR) is 94.3 cm³/mol. The first-order chi connectivity index (χ1) is 12.6. The first-order valence-electron chi connectivity index (χ1n) is 7.66. The van der Waals surface area contributed by atoms with Crippen molar-refractivity contribution in [3.05, 3.63) is 76.7 Å². The van der Waals surface area contributed by atoms with Crippen LogP contribution in [0.3, 0.4) is 0 Å². The molecule has 0 aliphatic carbocycles. The van der Waals surface area contributed by atoms with E-state index in [-0.39, 0.29) is 11.4 Å². The van der Waals surface area contributed by atoms with Gasteiger partial charge in [0.05, 0.1) is 22.3 Å². The Morgan fingerprint density at radius 3 is 2.65 bits per heavy atom. The van der Waals surface area contributed by atoms with Crippen molar-refractivity contribution in [3.8, 4) is 5.69 Å². The number of hydrogen-bond acceptors (Lipinski definition) is 5. The number of amides is 1. The summed E-state index contributed by atoms with van der Waals surface area (Å²) >= 11 is 0. The number of rotatable bonds is 4. The van der Waals surface area contributed by atoms with Crippen LogP contribution in [0, 0.1) is 10.1 Å². The molecule has 0 saturated carbocycles. The summed E-state index contributed by atoms with van der Waals surface area (Å²) in [6.45, 7) is 0. The third-order valence-corrected chi connectivity index (χ3v) is 3.89. The highest BCUT2D eigenvalue weighted by Crippen LogP contribution is 2.21. The van der Waals surface area contributed by atoms with Crippen molar-refractivity contribution in [2.24, 2.45) is 0 Å². The average Bonchev–Trinajstić information content (AvgIpc) is 3.30. The van der Waals surface area contributed by atoms with Crippen LogP contribution in [0.4, 0.5) is 11.4 Å². The van der Waals surface area contributed by atoms with Crippen LogP contribution in [0.1, 0.15) is 10.5 Å². The minimum Gasteiger partial charge on any atom is -0.320 e. The van der Waals surface area contributed by atoms with Crippen LogP contribution in [0.15, 0.2) is 60.9 Å². The Bertz CT molecular complexity index is 1110. The normalized spacial score (nSPS) is 10.8. The Labute approximate surface area is 146 Å². The number of benzene rings is 2. The lowest BCUT2D eigenvalue weighted by Crippen LogP contribution is -2.14. The fraction of sp³-hybridized carbons (Fsp3) is 0. The number of anilines is 1. The number of hydrogen-bond donors (Lipinski definition) is 2. The molecule has 2 N–H and O–H groups in total. The molecule has 0 bridgehead atoms. The summed E-state index contributed by atoms with van der Waals surface area (Å²) in [5.41, 5.74) is 1.73. The van der Waals surface area contributed by atoms with Crippen LogP contribution in [0.25, 0.3) is 16.6 Å². The average molecular weight is 348 g/mol. The zero-order chi connectivity index (χ0) is 18.1. The van der Waals surface area contributed by atoms with Gasteiger partial charge in [0.2, 0.25) is 5.69 Å². The van der Waals surface area contributed by atoms with Crippen LogP contribution in [0.2, 0.25) is 0 Å². The standard InChI is InChI=1S/C17H12N6O3/c24-17(16-15(23(25)26)10-18-21-16)20-12-5-7-13(8-6-12)22-14-4-2-1-3-11(14)9-19-22/h1-10H,(H,18,21)(H,20,24). The van der Waals surface area contributed by atoms with E-state index < -0.39 is 10.8 Å². The number of nitrogens with zero attached hydrogens (tertiary/aromatic N) is 4. The van der Waals surface area contributed by atoms with Gasteiger partial charge in [-0.25, -0.2) is 4.68 Å². The molecular weight excluding hydrogens is 336 g/mol. The fourth-order valence-corrected chi connectivity index (χ4v) is 2.64. The summed E-state index contributed by atoms with van der Waals surface area (Å²) in [5.74, 6) is -0.633. The molecule has 9 nitrogen and oxygen atoms in total. The number of nitro groups is 1. The van der Waals surface area contributed by atoms with E-state index in [9.17, 15) is 14.9 Å². The first-order valence-corrected chi connectivity index (χ1v) is 7.66. The molecule has 9 heteroatoms. The zero-order valence-electron chi connectivity index (χ0n) is 13.3. The molecule has 0 radical (unpaired) electrons. The highest BCUT2D eigenvalue weighted by atomic mass is 16.6. The summed E-state index contributed by atoms with van der Waals surface area (Å²) < 4.78 is 1.79. The Hall–Kier alpha value is -4.01. The summed E-state index contributed by atoms with van der Waals surface area (Å²) in [4.78, 5) is 22.4. The van der Waals surface area contributed by atoms with E-state index in [0.717, 1.165) is 22.8 Å². The fourth-order valence-electron chi connectivity index (χ4n) is 2.64. The van der Waals surface area contributed by atoms with Crippen molar-refractivity contribution in [1.29, 1.82) is 0 Å². The number of para-hydroxylation sites is 1. The largest absolute Gasteiger partial charge is 0.320 e. The maximum atomic E-state index is 12.2. The summed E-state index contributed by atoms with van der Waals surface area (Å²) in [7, 11) is 0. The Morgan fingerprint density at radius 2 is 1.88 bits per heavy atom. The van der Waals surface area contributed by atoms with Crippen LogP contribution in [-0.4, -0.2) is 30.8 Å². The lowest BCUT2D eigenvalue weighted by Gasteiger charge is -2.07. The van der Waals surface area contributed by atoms with Gasteiger partial charge in [-0.2, -0.15) is 10.2 Å². The van der Waals surface area contributed by atoms with Gasteiger partial charge in [-0.05, 0) is 30.3 Å². The van der Waals surface area contributed by atoms with Crippen LogP contribution in [-0.2, 0) is 0 Å². The molecule has 2 heterocycles. The van der Waals surface area contributed by atoms with Crippen LogP contribution in [0.5, 0.6) is 0 Å². The van der Waals surface area contributed by atoms with Crippen molar-refractivity contribution < 1.29 is 9.72 Å². The number of fused-ring (bicyclic) bond motifs is 1. The van der Waals surface area contributed by atoms with E-state index >= 15 is 0 Å². The SMILES string of the molecule is O=C(Nc1ccc(-n2ncc3ccccc32)cc1)c1[nH]ncc1[N+](=O)[O-]. The number of H-pyrrole nitrogens is 1. The Morgan fingerprint density at radius 1 is 1.12 bits per heavy atom. The van der Waals surface area contributed by atoms with Crippen molar-refractivity contribution >= 4 is 28.2 Å². The predicted octanol–water partition coefficient (Wildman–Crippen LogP) is 2.91. The molecule has 1 amide bonds. The minimum absolute atomic E-state index is 0.197. The lowest BCUT2D eigenvalue weighted by atomic mass is 10.2. The van der Waals surface area contributed by atoms with Crippen molar-refractivity contribution in [3.63, 3.8) is 0 Å². The quantitative estimate of drug-likeness (QED) is 0.434. The maximum absolute atomic E-state index is 12.2. The molecule has 0 unspecified atom stereocenters. The Kier molecular flexibility index (Phi) is 3.66. The van der Waals surface area contributed by atoms with Gasteiger partial charge in [0.15, 0.2) is 0 Å². The van der Waals surface area contributed by atoms with E-state index in [1.165, 1.54) is 0 Å². The van der Waals surface area contributed by atoms with E-state index in [1.807, 2.05) is 24.3 Å². The third-order valence-electron chi connectivity index (χ3n) is 3.89. The molecular formula is C17H12N6O3. The van der Waals surface area contributed by atoms with Gasteiger partial charge in [-0.1, -0.05) is 18.2 Å².